The summed E-state index contributed by atoms with van der Waals surface area (Å²) in [5, 5.41) is 5.90. The van der Waals surface area contributed by atoms with E-state index in [2.05, 4.69) is 63.1 Å². The van der Waals surface area contributed by atoms with Crippen LogP contribution in [-0.2, 0) is 31.9 Å². The number of nitrogens with zero attached hydrogens (tertiary/aromatic N) is 4. The van der Waals surface area contributed by atoms with Crippen LogP contribution < -0.4 is 16.2 Å². The smallest absolute Gasteiger partial charge is 0.407 e. The second kappa shape index (κ2) is 18.6. The van der Waals surface area contributed by atoms with Crippen LogP contribution in [0.15, 0.2) is 65.6 Å². The molecule has 4 aliphatic rings. The van der Waals surface area contributed by atoms with Crippen LogP contribution >= 0.6 is 0 Å². The number of H-pyrrole nitrogens is 2. The molecule has 15 nitrogen and oxygen atoms in total. The molecular weight excluding hydrogens is 849 g/mol. The van der Waals surface area contributed by atoms with Gasteiger partial charge in [-0.05, 0) is 120 Å². The number of nitrogens with one attached hydrogen (secondary N) is 4. The van der Waals surface area contributed by atoms with Crippen molar-refractivity contribution in [3.05, 3.63) is 93.9 Å². The molecule has 2 aliphatic carbocycles. The van der Waals surface area contributed by atoms with E-state index in [1.54, 1.807) is 4.90 Å². The number of carbonyl (C=O) groups excluding carboxylic acids is 4. The minimum Gasteiger partial charge on any atom is -0.453 e. The quantitative estimate of drug-likeness (QED) is 0.101. The second-order valence-electron chi connectivity index (χ2n) is 19.7. The predicted molar refractivity (Wildman–Crippen MR) is 255 cm³/mol. The Morgan fingerprint density at radius 2 is 1.21 bits per heavy atom. The number of carbonyl (C=O) groups is 4. The molecule has 9 rings (SSSR count). The Hall–Kier alpha value is -6.51. The number of ether oxygens (including phenoxy) is 2. The first-order valence-corrected chi connectivity index (χ1v) is 23.9. The molecule has 4 heterocycles. The highest BCUT2D eigenvalue weighted by Gasteiger charge is 2.42. The minimum atomic E-state index is -0.771. The number of aromatic nitrogens is 4. The molecule has 352 valence electrons. The highest BCUT2D eigenvalue weighted by molar-refractivity contribution is 5.89. The van der Waals surface area contributed by atoms with Gasteiger partial charge in [-0.1, -0.05) is 83.0 Å². The monoisotopic (exact) mass is 910 g/mol. The van der Waals surface area contributed by atoms with E-state index < -0.39 is 30.3 Å². The number of alkyl carbamates (subject to hydrolysis) is 2. The van der Waals surface area contributed by atoms with E-state index in [1.807, 2.05) is 50.9 Å². The van der Waals surface area contributed by atoms with E-state index in [0.717, 1.165) is 65.9 Å². The lowest BCUT2D eigenvalue weighted by Gasteiger charge is -2.30. The number of benzene rings is 3. The molecule has 2 saturated heterocycles. The Morgan fingerprint density at radius 1 is 0.687 bits per heavy atom. The van der Waals surface area contributed by atoms with Crippen LogP contribution in [0, 0.1) is 17.3 Å². The first kappa shape index (κ1) is 45.6. The fraction of sp³-hybridized carbons (Fsp3) is 0.481. The van der Waals surface area contributed by atoms with Gasteiger partial charge in [0.15, 0.2) is 0 Å². The molecule has 1 spiro atoms. The van der Waals surface area contributed by atoms with Gasteiger partial charge in [0.05, 0.1) is 49.1 Å². The van der Waals surface area contributed by atoms with Crippen molar-refractivity contribution < 1.29 is 28.7 Å². The molecule has 0 radical (unpaired) electrons. The highest BCUT2D eigenvalue weighted by atomic mass is 16.5. The average Bonchev–Trinajstić information content (AvgIpc) is 4.20. The standard InChI is InChI=1S/C52H62N8O7/c1-29(2)43(56-50(64)66-5)48(62)59-23-9-11-41(59)45-53-28-40(55-45)32-15-13-31(14-16-32)34-18-19-35(38-27-52(26-37(34)38)21-7-8-22-52)33-17-20-39-36(25-33)47(61)58-46(54-39)42-12-10-24-60(42)49(63)44(30(3)4)57-51(65)67-6/h13-20,25,28-30,41-44H,7-12,21-24,26-27H2,1-6H3,(H,53,55)(H,56,64)(H,57,65)(H,54,58,61)/t41-,42-,43+,44-/m1/s1. The summed E-state index contributed by atoms with van der Waals surface area (Å²) in [5.74, 6) is 0.525. The van der Waals surface area contributed by atoms with Gasteiger partial charge < -0.3 is 39.9 Å². The molecule has 3 aromatic carbocycles. The topological polar surface area (TPSA) is 192 Å². The molecule has 2 aromatic heterocycles. The molecule has 4 atom stereocenters. The number of rotatable bonds is 11. The van der Waals surface area contributed by atoms with Crippen LogP contribution in [0.4, 0.5) is 9.59 Å². The number of aromatic amines is 2. The third kappa shape index (κ3) is 8.80. The van der Waals surface area contributed by atoms with E-state index in [9.17, 15) is 24.0 Å². The van der Waals surface area contributed by atoms with Gasteiger partial charge in [-0.25, -0.2) is 19.6 Å². The maximum Gasteiger partial charge on any atom is 0.407 e. The second-order valence-corrected chi connectivity index (χ2v) is 19.7. The first-order chi connectivity index (χ1) is 32.3. The highest BCUT2D eigenvalue weighted by Crippen LogP contribution is 2.53. The lowest BCUT2D eigenvalue weighted by molar-refractivity contribution is -0.136. The molecule has 67 heavy (non-hydrogen) atoms. The SMILES string of the molecule is COC(=O)N[C@H](C(=O)N1CCC[C@@H]1c1ncc(-c2ccc(-c3ccc(-c4ccc5nc([C@H]6CCCN6C(=O)[C@H](NC(=O)OC)C(C)C)[nH]c(=O)c5c4)c4c3CC3(CCCC3)C4)cc2)[nH]1)C(C)C. The van der Waals surface area contributed by atoms with Gasteiger partial charge in [-0.2, -0.15) is 0 Å². The molecule has 5 aromatic rings. The number of likely N-dealkylation sites (tertiary alicyclic amines) is 2. The van der Waals surface area contributed by atoms with Gasteiger partial charge >= 0.3 is 12.2 Å². The summed E-state index contributed by atoms with van der Waals surface area (Å²) >= 11 is 0. The molecule has 1 saturated carbocycles. The summed E-state index contributed by atoms with van der Waals surface area (Å²) in [6, 6.07) is 16.9. The van der Waals surface area contributed by atoms with Gasteiger partial charge in [0.2, 0.25) is 11.8 Å². The summed E-state index contributed by atoms with van der Waals surface area (Å²) in [4.78, 5) is 85.4. The van der Waals surface area contributed by atoms with Crippen LogP contribution in [0.5, 0.6) is 0 Å². The zero-order valence-corrected chi connectivity index (χ0v) is 39.4. The molecule has 3 fully saturated rings. The molecular formula is C52H62N8O7. The van der Waals surface area contributed by atoms with Crippen LogP contribution in [-0.4, -0.2) is 93.1 Å². The van der Waals surface area contributed by atoms with Crippen LogP contribution in [0.25, 0.3) is 44.4 Å². The van der Waals surface area contributed by atoms with E-state index in [4.69, 9.17) is 19.4 Å². The molecule has 0 unspecified atom stereocenters. The number of fused-ring (bicyclic) bond motifs is 2. The zero-order valence-electron chi connectivity index (χ0n) is 39.4. The summed E-state index contributed by atoms with van der Waals surface area (Å²) in [6.45, 7) is 8.65. The van der Waals surface area contributed by atoms with Gasteiger partial charge in [-0.15, -0.1) is 0 Å². The van der Waals surface area contributed by atoms with Gasteiger partial charge in [-0.3, -0.25) is 14.4 Å². The molecule has 4 amide bonds. The molecule has 0 bridgehead atoms. The lowest BCUT2D eigenvalue weighted by Crippen LogP contribution is -2.51. The van der Waals surface area contributed by atoms with E-state index in [0.29, 0.717) is 36.2 Å². The molecule has 2 aliphatic heterocycles. The maximum absolute atomic E-state index is 13.9. The minimum absolute atomic E-state index is 0.115. The zero-order chi connectivity index (χ0) is 47.1. The van der Waals surface area contributed by atoms with Gasteiger partial charge in [0, 0.05) is 13.1 Å². The van der Waals surface area contributed by atoms with Crippen molar-refractivity contribution in [2.45, 2.75) is 116 Å². The van der Waals surface area contributed by atoms with Crippen molar-refractivity contribution in [1.29, 1.82) is 0 Å². The van der Waals surface area contributed by atoms with Crippen LogP contribution in [0.2, 0.25) is 0 Å². The number of amides is 4. The normalized spacial score (nSPS) is 19.6. The van der Waals surface area contributed by atoms with Crippen molar-refractivity contribution in [2.75, 3.05) is 27.3 Å². The Morgan fingerprint density at radius 3 is 1.76 bits per heavy atom. The lowest BCUT2D eigenvalue weighted by atomic mass is 9.82. The fourth-order valence-electron chi connectivity index (χ4n) is 11.3. The molecule has 15 heteroatoms. The summed E-state index contributed by atoms with van der Waals surface area (Å²) < 4.78 is 9.59. The van der Waals surface area contributed by atoms with E-state index >= 15 is 0 Å². The van der Waals surface area contributed by atoms with Crippen LogP contribution in [0.3, 0.4) is 0 Å². The Labute approximate surface area is 390 Å². The van der Waals surface area contributed by atoms with E-state index in [1.165, 1.54) is 56.6 Å². The number of imidazole rings is 1. The third-order valence-electron chi connectivity index (χ3n) is 14.8. The van der Waals surface area contributed by atoms with Crippen LogP contribution in [0.1, 0.15) is 114 Å². The Balaban J connectivity index is 0.972. The largest absolute Gasteiger partial charge is 0.453 e. The van der Waals surface area contributed by atoms with Gasteiger partial charge in [0.25, 0.3) is 5.56 Å². The maximum atomic E-state index is 13.9. The average molecular weight is 911 g/mol. The van der Waals surface area contributed by atoms with Crippen molar-refractivity contribution in [1.82, 2.24) is 40.4 Å². The number of hydrogen-bond acceptors (Lipinski definition) is 9. The predicted octanol–water partition coefficient (Wildman–Crippen LogP) is 8.39. The van der Waals surface area contributed by atoms with E-state index in [-0.39, 0.29) is 40.7 Å². The fourth-order valence-corrected chi connectivity index (χ4v) is 11.3. The Kier molecular flexibility index (Phi) is 12.7. The van der Waals surface area contributed by atoms with Crippen molar-refractivity contribution in [2.24, 2.45) is 17.3 Å². The summed E-state index contributed by atoms with van der Waals surface area (Å²) in [6.07, 6.45) is 10.4. The summed E-state index contributed by atoms with van der Waals surface area (Å²) in [5.41, 5.74) is 9.61. The van der Waals surface area contributed by atoms with Crippen molar-refractivity contribution >= 4 is 34.9 Å². The van der Waals surface area contributed by atoms with Crippen molar-refractivity contribution in [3.63, 3.8) is 0 Å². The molecule has 4 N–H and O–H groups in total. The van der Waals surface area contributed by atoms with Crippen molar-refractivity contribution in [3.8, 4) is 33.5 Å². The Bertz CT molecular complexity index is 2750. The van der Waals surface area contributed by atoms with Gasteiger partial charge in [0.1, 0.15) is 23.7 Å². The third-order valence-corrected chi connectivity index (χ3v) is 14.8. The first-order valence-electron chi connectivity index (χ1n) is 23.9. The number of methoxy groups -OCH3 is 2. The summed E-state index contributed by atoms with van der Waals surface area (Å²) in [7, 11) is 2.57. The number of hydrogen-bond donors (Lipinski definition) is 4.